The monoisotopic (exact) mass is 320 g/mol. The van der Waals surface area contributed by atoms with Gasteiger partial charge in [-0.1, -0.05) is 0 Å². The van der Waals surface area contributed by atoms with Crippen molar-refractivity contribution in [2.24, 2.45) is 5.92 Å². The molecule has 8 nitrogen and oxygen atoms in total. The van der Waals surface area contributed by atoms with Crippen molar-refractivity contribution in [1.82, 2.24) is 14.7 Å². The van der Waals surface area contributed by atoms with E-state index in [0.717, 1.165) is 6.41 Å². The normalized spacial score (nSPS) is 20.1. The molecule has 1 N–H and O–H groups in total. The van der Waals surface area contributed by atoms with Gasteiger partial charge < -0.3 is 19.8 Å². The topological polar surface area (TPSA) is 105 Å². The molecule has 0 saturated carbocycles. The predicted octanol–water partition coefficient (Wildman–Crippen LogP) is -0.509. The van der Waals surface area contributed by atoms with Crippen molar-refractivity contribution < 1.29 is 19.5 Å². The molecule has 0 aromatic carbocycles. The lowest BCUT2D eigenvalue weighted by Crippen LogP contribution is -2.44. The summed E-state index contributed by atoms with van der Waals surface area (Å²) < 4.78 is 0. The minimum atomic E-state index is -0.832. The SMILES string of the molecule is N#C/C(=C/N1CCN(C=O)CC1)C(=O)N1CCC(C(=O)O)CC1. The van der Waals surface area contributed by atoms with Crippen molar-refractivity contribution in [2.75, 3.05) is 39.3 Å². The van der Waals surface area contributed by atoms with Gasteiger partial charge in [0, 0.05) is 45.5 Å². The third kappa shape index (κ3) is 4.22. The van der Waals surface area contributed by atoms with Gasteiger partial charge in [0.15, 0.2) is 0 Å². The van der Waals surface area contributed by atoms with E-state index in [1.807, 2.05) is 11.0 Å². The second-order valence-corrected chi connectivity index (χ2v) is 5.74. The molecule has 23 heavy (non-hydrogen) atoms. The summed E-state index contributed by atoms with van der Waals surface area (Å²) in [5, 5.41) is 18.2. The van der Waals surface area contributed by atoms with Gasteiger partial charge in [-0.2, -0.15) is 5.26 Å². The first kappa shape index (κ1) is 16.8. The van der Waals surface area contributed by atoms with Crippen LogP contribution in [0.1, 0.15) is 12.8 Å². The number of piperazine rings is 1. The van der Waals surface area contributed by atoms with Gasteiger partial charge in [-0.15, -0.1) is 0 Å². The fraction of sp³-hybridized carbons (Fsp3) is 0.600. The minimum Gasteiger partial charge on any atom is -0.481 e. The van der Waals surface area contributed by atoms with E-state index >= 15 is 0 Å². The first-order chi connectivity index (χ1) is 11.0. The molecule has 2 saturated heterocycles. The molecule has 2 aliphatic heterocycles. The van der Waals surface area contributed by atoms with Crippen molar-refractivity contribution in [3.63, 3.8) is 0 Å². The molecule has 0 bridgehead atoms. The van der Waals surface area contributed by atoms with Gasteiger partial charge in [-0.25, -0.2) is 0 Å². The molecule has 2 heterocycles. The molecule has 2 rings (SSSR count). The molecule has 124 valence electrons. The number of carboxylic acids is 1. The summed E-state index contributed by atoms with van der Waals surface area (Å²) >= 11 is 0. The number of hydrogen-bond acceptors (Lipinski definition) is 5. The maximum Gasteiger partial charge on any atom is 0.306 e. The van der Waals surface area contributed by atoms with Gasteiger partial charge in [0.05, 0.1) is 5.92 Å². The molecule has 0 unspecified atom stereocenters. The molecule has 0 aromatic heterocycles. The minimum absolute atomic E-state index is 0.0540. The number of nitrogens with zero attached hydrogens (tertiary/aromatic N) is 4. The third-order valence-corrected chi connectivity index (χ3v) is 4.29. The number of carbonyl (C=O) groups excluding carboxylic acids is 2. The number of hydrogen-bond donors (Lipinski definition) is 1. The third-order valence-electron chi connectivity index (χ3n) is 4.29. The molecular formula is C15H20N4O4. The number of amides is 2. The predicted molar refractivity (Wildman–Crippen MR) is 79.8 cm³/mol. The number of piperidine rings is 1. The lowest BCUT2D eigenvalue weighted by atomic mass is 9.97. The lowest BCUT2D eigenvalue weighted by molar-refractivity contribution is -0.145. The van der Waals surface area contributed by atoms with Crippen molar-refractivity contribution in [2.45, 2.75) is 12.8 Å². The number of likely N-dealkylation sites (tertiary alicyclic amines) is 1. The summed E-state index contributed by atoms with van der Waals surface area (Å²) in [5.74, 6) is -1.60. The van der Waals surface area contributed by atoms with E-state index in [1.165, 1.54) is 4.90 Å². The zero-order chi connectivity index (χ0) is 16.8. The Morgan fingerprint density at radius 3 is 2.09 bits per heavy atom. The highest BCUT2D eigenvalue weighted by molar-refractivity contribution is 5.97. The van der Waals surface area contributed by atoms with Gasteiger partial charge in [-0.3, -0.25) is 14.4 Å². The number of carboxylic acid groups (broad SMARTS) is 1. The Balaban J connectivity index is 1.94. The quantitative estimate of drug-likeness (QED) is 0.425. The van der Waals surface area contributed by atoms with E-state index in [4.69, 9.17) is 5.11 Å². The van der Waals surface area contributed by atoms with Crippen LogP contribution in [0.2, 0.25) is 0 Å². The molecule has 0 atom stereocenters. The van der Waals surface area contributed by atoms with Crippen molar-refractivity contribution >= 4 is 18.3 Å². The molecule has 0 radical (unpaired) electrons. The zero-order valence-corrected chi connectivity index (χ0v) is 12.8. The van der Waals surface area contributed by atoms with E-state index in [0.29, 0.717) is 52.1 Å². The average Bonchev–Trinajstić information content (AvgIpc) is 2.59. The van der Waals surface area contributed by atoms with Gasteiger partial charge >= 0.3 is 5.97 Å². The van der Waals surface area contributed by atoms with E-state index in [9.17, 15) is 19.6 Å². The Labute approximate surface area is 134 Å². The van der Waals surface area contributed by atoms with Crippen LogP contribution in [-0.2, 0) is 14.4 Å². The van der Waals surface area contributed by atoms with Crippen LogP contribution in [0.3, 0.4) is 0 Å². The molecule has 2 aliphatic rings. The Morgan fingerprint density at radius 2 is 1.61 bits per heavy atom. The Hall–Kier alpha value is -2.56. The van der Waals surface area contributed by atoms with Crippen LogP contribution in [0.15, 0.2) is 11.8 Å². The summed E-state index contributed by atoms with van der Waals surface area (Å²) in [7, 11) is 0. The largest absolute Gasteiger partial charge is 0.481 e. The summed E-state index contributed by atoms with van der Waals surface area (Å²) in [6.07, 6.45) is 3.17. The van der Waals surface area contributed by atoms with E-state index in [1.54, 1.807) is 11.1 Å². The fourth-order valence-corrected chi connectivity index (χ4v) is 2.79. The average molecular weight is 320 g/mol. The van der Waals surface area contributed by atoms with Gasteiger partial charge in [-0.05, 0) is 12.8 Å². The highest BCUT2D eigenvalue weighted by atomic mass is 16.4. The van der Waals surface area contributed by atoms with E-state index in [-0.39, 0.29) is 11.5 Å². The second kappa shape index (κ2) is 7.63. The molecule has 2 amide bonds. The Bertz CT molecular complexity index is 538. The first-order valence-electron chi connectivity index (χ1n) is 7.62. The summed E-state index contributed by atoms with van der Waals surface area (Å²) in [6.45, 7) is 3.01. The van der Waals surface area contributed by atoms with Crippen molar-refractivity contribution in [3.8, 4) is 6.07 Å². The van der Waals surface area contributed by atoms with Gasteiger partial charge in [0.2, 0.25) is 6.41 Å². The molecule has 0 aromatic rings. The van der Waals surface area contributed by atoms with Crippen LogP contribution < -0.4 is 0 Å². The number of nitriles is 1. The maximum absolute atomic E-state index is 12.4. The highest BCUT2D eigenvalue weighted by Crippen LogP contribution is 2.19. The van der Waals surface area contributed by atoms with Crippen LogP contribution in [0.5, 0.6) is 0 Å². The summed E-state index contributed by atoms with van der Waals surface area (Å²) in [6, 6.07) is 1.93. The Kier molecular flexibility index (Phi) is 5.57. The van der Waals surface area contributed by atoms with Gasteiger partial charge in [0.25, 0.3) is 5.91 Å². The second-order valence-electron chi connectivity index (χ2n) is 5.74. The summed E-state index contributed by atoms with van der Waals surface area (Å²) in [5.41, 5.74) is 0.0540. The van der Waals surface area contributed by atoms with Crippen molar-refractivity contribution in [3.05, 3.63) is 11.8 Å². The summed E-state index contributed by atoms with van der Waals surface area (Å²) in [4.78, 5) is 39.0. The molecule has 8 heteroatoms. The number of rotatable bonds is 4. The Morgan fingerprint density at radius 1 is 1.04 bits per heavy atom. The zero-order valence-electron chi connectivity index (χ0n) is 12.8. The van der Waals surface area contributed by atoms with Crippen LogP contribution in [0, 0.1) is 17.2 Å². The lowest BCUT2D eigenvalue weighted by Gasteiger charge is -2.33. The molecule has 0 spiro atoms. The van der Waals surface area contributed by atoms with Crippen LogP contribution in [-0.4, -0.2) is 77.4 Å². The van der Waals surface area contributed by atoms with Crippen LogP contribution in [0.25, 0.3) is 0 Å². The number of carbonyl (C=O) groups is 3. The molecule has 0 aliphatic carbocycles. The first-order valence-corrected chi connectivity index (χ1v) is 7.62. The van der Waals surface area contributed by atoms with Crippen molar-refractivity contribution in [1.29, 1.82) is 5.26 Å². The fourth-order valence-electron chi connectivity index (χ4n) is 2.79. The molecule has 2 fully saturated rings. The van der Waals surface area contributed by atoms with Crippen LogP contribution in [0.4, 0.5) is 0 Å². The van der Waals surface area contributed by atoms with Gasteiger partial charge in [0.1, 0.15) is 11.6 Å². The van der Waals surface area contributed by atoms with Crippen LogP contribution >= 0.6 is 0 Å². The number of aliphatic carboxylic acids is 1. The van der Waals surface area contributed by atoms with E-state index < -0.39 is 11.9 Å². The molecular weight excluding hydrogens is 300 g/mol. The van der Waals surface area contributed by atoms with E-state index in [2.05, 4.69) is 0 Å². The highest BCUT2D eigenvalue weighted by Gasteiger charge is 2.28. The smallest absolute Gasteiger partial charge is 0.306 e. The maximum atomic E-state index is 12.4. The standard InChI is InChI=1S/C15H20N4O4/c16-9-13(10-17-5-7-18(11-20)8-6-17)14(21)19-3-1-12(2-4-19)15(22)23/h10-12H,1-8H2,(H,22,23)/b13-10-.